The second-order valence-corrected chi connectivity index (χ2v) is 6.45. The highest BCUT2D eigenvalue weighted by molar-refractivity contribution is 6.31. The lowest BCUT2D eigenvalue weighted by molar-refractivity contribution is -0.137. The summed E-state index contributed by atoms with van der Waals surface area (Å²) in [6.07, 6.45) is 4.55. The van der Waals surface area contributed by atoms with E-state index >= 15 is 0 Å². The smallest absolute Gasteiger partial charge is 0.253 e. The molecule has 5 heteroatoms. The second kappa shape index (κ2) is 5.34. The van der Waals surface area contributed by atoms with E-state index in [-0.39, 0.29) is 18.4 Å². The summed E-state index contributed by atoms with van der Waals surface area (Å²) in [4.78, 5) is 26.7. The number of rotatable bonds is 1. The number of carbonyl (C=O) groups is 2. The highest BCUT2D eigenvalue weighted by Crippen LogP contribution is 2.35. The minimum atomic E-state index is -0.706. The summed E-state index contributed by atoms with van der Waals surface area (Å²) < 4.78 is 0. The molecule has 2 fully saturated rings. The molecule has 1 heterocycles. The summed E-state index contributed by atoms with van der Waals surface area (Å²) in [6.45, 7) is 2.00. The summed E-state index contributed by atoms with van der Waals surface area (Å²) in [5.41, 5.74) is 0.989. The first kappa shape index (κ1) is 14.4. The van der Waals surface area contributed by atoms with Gasteiger partial charge in [0.05, 0.1) is 0 Å². The standard InChI is InChI=1S/C16H19ClN2O2/c1-11-5-6-12(17)9-13(11)19-10-14(20)18-16(15(19)21)7-3-2-4-8-16/h5-6,9H,2-4,7-8,10H2,1H3,(H,18,20). The molecule has 1 aromatic rings. The molecule has 2 aliphatic rings. The van der Waals surface area contributed by atoms with Gasteiger partial charge < -0.3 is 10.2 Å². The van der Waals surface area contributed by atoms with Gasteiger partial charge in [0.2, 0.25) is 5.91 Å². The summed E-state index contributed by atoms with van der Waals surface area (Å²) in [5, 5.41) is 3.53. The summed E-state index contributed by atoms with van der Waals surface area (Å²) in [5.74, 6) is -0.0805. The number of piperazine rings is 1. The van der Waals surface area contributed by atoms with Crippen molar-refractivity contribution in [2.24, 2.45) is 0 Å². The molecule has 1 aliphatic carbocycles. The van der Waals surface area contributed by atoms with Gasteiger partial charge in [-0.05, 0) is 37.5 Å². The van der Waals surface area contributed by atoms with Crippen LogP contribution in [0.4, 0.5) is 5.69 Å². The molecule has 1 saturated heterocycles. The van der Waals surface area contributed by atoms with Gasteiger partial charge in [-0.2, -0.15) is 0 Å². The van der Waals surface area contributed by atoms with Crippen molar-refractivity contribution in [3.63, 3.8) is 0 Å². The molecule has 1 aromatic carbocycles. The van der Waals surface area contributed by atoms with Crippen LogP contribution in [0.2, 0.25) is 5.02 Å². The number of carbonyl (C=O) groups excluding carboxylic acids is 2. The fourth-order valence-electron chi connectivity index (χ4n) is 3.40. The van der Waals surface area contributed by atoms with E-state index in [1.54, 1.807) is 17.0 Å². The quantitative estimate of drug-likeness (QED) is 0.867. The minimum Gasteiger partial charge on any atom is -0.340 e. The Morgan fingerprint density at radius 1 is 1.19 bits per heavy atom. The van der Waals surface area contributed by atoms with E-state index < -0.39 is 5.54 Å². The molecule has 0 aromatic heterocycles. The van der Waals surface area contributed by atoms with Crippen LogP contribution in [0.5, 0.6) is 0 Å². The van der Waals surface area contributed by atoms with Crippen LogP contribution in [0, 0.1) is 6.92 Å². The Morgan fingerprint density at radius 3 is 2.62 bits per heavy atom. The Morgan fingerprint density at radius 2 is 1.90 bits per heavy atom. The van der Waals surface area contributed by atoms with Crippen molar-refractivity contribution in [3.8, 4) is 0 Å². The van der Waals surface area contributed by atoms with Gasteiger partial charge in [0.25, 0.3) is 5.91 Å². The topological polar surface area (TPSA) is 49.4 Å². The first-order chi connectivity index (χ1) is 10.0. The molecule has 3 rings (SSSR count). The molecule has 0 unspecified atom stereocenters. The Balaban J connectivity index is 1.99. The zero-order chi connectivity index (χ0) is 15.0. The summed E-state index contributed by atoms with van der Waals surface area (Å²) in [7, 11) is 0. The molecule has 0 bridgehead atoms. The van der Waals surface area contributed by atoms with Crippen molar-refractivity contribution in [2.45, 2.75) is 44.6 Å². The van der Waals surface area contributed by atoms with Crippen LogP contribution in [0.3, 0.4) is 0 Å². The van der Waals surface area contributed by atoms with Gasteiger partial charge in [0.1, 0.15) is 12.1 Å². The van der Waals surface area contributed by atoms with Gasteiger partial charge in [0, 0.05) is 10.7 Å². The number of hydrogen-bond acceptors (Lipinski definition) is 2. The fourth-order valence-corrected chi connectivity index (χ4v) is 3.56. The van der Waals surface area contributed by atoms with Gasteiger partial charge in [-0.15, -0.1) is 0 Å². The Hall–Kier alpha value is -1.55. The Kier molecular flexibility index (Phi) is 3.66. The van der Waals surface area contributed by atoms with Gasteiger partial charge in [-0.25, -0.2) is 0 Å². The average Bonchev–Trinajstić information content (AvgIpc) is 2.47. The third-order valence-electron chi connectivity index (χ3n) is 4.50. The number of halogens is 1. The number of benzene rings is 1. The van der Waals surface area contributed by atoms with E-state index in [1.807, 2.05) is 13.0 Å². The molecular weight excluding hydrogens is 288 g/mol. The molecule has 0 atom stereocenters. The monoisotopic (exact) mass is 306 g/mol. The van der Waals surface area contributed by atoms with E-state index in [0.717, 1.165) is 43.4 Å². The van der Waals surface area contributed by atoms with Crippen molar-refractivity contribution >= 4 is 29.1 Å². The van der Waals surface area contributed by atoms with Crippen LogP contribution in [-0.2, 0) is 9.59 Å². The van der Waals surface area contributed by atoms with Crippen molar-refractivity contribution in [2.75, 3.05) is 11.4 Å². The van der Waals surface area contributed by atoms with Crippen LogP contribution in [0.15, 0.2) is 18.2 Å². The molecule has 1 N–H and O–H groups in total. The second-order valence-electron chi connectivity index (χ2n) is 6.01. The van der Waals surface area contributed by atoms with Crippen molar-refractivity contribution in [1.29, 1.82) is 0 Å². The highest BCUT2D eigenvalue weighted by Gasteiger charge is 2.47. The number of nitrogens with zero attached hydrogens (tertiary/aromatic N) is 1. The number of amides is 2. The molecule has 0 radical (unpaired) electrons. The molecule has 1 aliphatic heterocycles. The van der Waals surface area contributed by atoms with Crippen LogP contribution < -0.4 is 10.2 Å². The maximum absolute atomic E-state index is 13.0. The van der Waals surface area contributed by atoms with Gasteiger partial charge in [-0.3, -0.25) is 9.59 Å². The van der Waals surface area contributed by atoms with E-state index in [1.165, 1.54) is 0 Å². The number of anilines is 1. The van der Waals surface area contributed by atoms with E-state index in [2.05, 4.69) is 5.32 Å². The van der Waals surface area contributed by atoms with Gasteiger partial charge >= 0.3 is 0 Å². The van der Waals surface area contributed by atoms with Gasteiger partial charge in [0.15, 0.2) is 0 Å². The lowest BCUT2D eigenvalue weighted by Gasteiger charge is -2.44. The zero-order valence-corrected chi connectivity index (χ0v) is 12.9. The molecular formula is C16H19ClN2O2. The van der Waals surface area contributed by atoms with Crippen LogP contribution in [-0.4, -0.2) is 23.9 Å². The number of hydrogen-bond donors (Lipinski definition) is 1. The lowest BCUT2D eigenvalue weighted by Crippen LogP contribution is -2.67. The predicted molar refractivity (Wildman–Crippen MR) is 82.5 cm³/mol. The highest BCUT2D eigenvalue weighted by atomic mass is 35.5. The van der Waals surface area contributed by atoms with Crippen molar-refractivity contribution < 1.29 is 9.59 Å². The third kappa shape index (κ3) is 2.53. The third-order valence-corrected chi connectivity index (χ3v) is 4.74. The normalized spacial score (nSPS) is 21.5. The average molecular weight is 307 g/mol. The predicted octanol–water partition coefficient (Wildman–Crippen LogP) is 2.81. The van der Waals surface area contributed by atoms with Crippen molar-refractivity contribution in [3.05, 3.63) is 28.8 Å². The fraction of sp³-hybridized carbons (Fsp3) is 0.500. The zero-order valence-electron chi connectivity index (χ0n) is 12.1. The lowest BCUT2D eigenvalue weighted by atomic mass is 9.79. The van der Waals surface area contributed by atoms with Crippen LogP contribution >= 0.6 is 11.6 Å². The maximum atomic E-state index is 13.0. The van der Waals surface area contributed by atoms with Crippen LogP contribution in [0.1, 0.15) is 37.7 Å². The van der Waals surface area contributed by atoms with E-state index in [0.29, 0.717) is 5.02 Å². The molecule has 112 valence electrons. The number of nitrogens with one attached hydrogen (secondary N) is 1. The van der Waals surface area contributed by atoms with Crippen LogP contribution in [0.25, 0.3) is 0 Å². The summed E-state index contributed by atoms with van der Waals surface area (Å²) >= 11 is 6.06. The first-order valence-electron chi connectivity index (χ1n) is 7.41. The number of aryl methyl sites for hydroxylation is 1. The van der Waals surface area contributed by atoms with E-state index in [4.69, 9.17) is 11.6 Å². The van der Waals surface area contributed by atoms with E-state index in [9.17, 15) is 9.59 Å². The molecule has 4 nitrogen and oxygen atoms in total. The van der Waals surface area contributed by atoms with Crippen molar-refractivity contribution in [1.82, 2.24) is 5.32 Å². The molecule has 1 spiro atoms. The minimum absolute atomic E-state index is 0.00664. The first-order valence-corrected chi connectivity index (χ1v) is 7.79. The van der Waals surface area contributed by atoms with Gasteiger partial charge in [-0.1, -0.05) is 36.9 Å². The molecule has 1 saturated carbocycles. The molecule has 21 heavy (non-hydrogen) atoms. The Bertz CT molecular complexity index is 594. The SMILES string of the molecule is Cc1ccc(Cl)cc1N1CC(=O)NC2(CCCCC2)C1=O. The Labute approximate surface area is 129 Å². The molecule has 2 amide bonds. The summed E-state index contributed by atoms with van der Waals surface area (Å²) in [6, 6.07) is 5.44. The largest absolute Gasteiger partial charge is 0.340 e. The maximum Gasteiger partial charge on any atom is 0.253 e.